The number of carbonyl (C=O) groups is 2. The molecule has 18 heavy (non-hydrogen) atoms. The normalized spacial score (nSPS) is 17.4. The lowest BCUT2D eigenvalue weighted by Crippen LogP contribution is -2.52. The van der Waals surface area contributed by atoms with Crippen LogP contribution in [0.3, 0.4) is 0 Å². The minimum atomic E-state index is -1.16. The number of hydrogen-bond acceptors (Lipinski definition) is 2. The molecular weight excluding hydrogens is 237 g/mol. The number of aliphatic carboxylic acids is 1. The van der Waals surface area contributed by atoms with Gasteiger partial charge in [0.05, 0.1) is 0 Å². The van der Waals surface area contributed by atoms with Gasteiger partial charge in [-0.1, -0.05) is 12.8 Å². The van der Waals surface area contributed by atoms with E-state index in [4.69, 9.17) is 0 Å². The number of carboxylic acids is 1. The maximum absolute atomic E-state index is 12.7. The van der Waals surface area contributed by atoms with Gasteiger partial charge in [0.2, 0.25) is 0 Å². The van der Waals surface area contributed by atoms with Crippen LogP contribution in [0.2, 0.25) is 0 Å². The molecule has 0 bridgehead atoms. The highest BCUT2D eigenvalue weighted by Crippen LogP contribution is 2.30. The summed E-state index contributed by atoms with van der Waals surface area (Å²) in [6.45, 7) is 0. The molecule has 2 rings (SSSR count). The predicted molar refractivity (Wildman–Crippen MR) is 62.7 cm³/mol. The molecule has 1 amide bonds. The van der Waals surface area contributed by atoms with Gasteiger partial charge in [0.15, 0.2) is 0 Å². The second kappa shape index (κ2) is 4.76. The van der Waals surface area contributed by atoms with Crippen molar-refractivity contribution in [1.29, 1.82) is 0 Å². The van der Waals surface area contributed by atoms with E-state index in [0.29, 0.717) is 12.8 Å². The Labute approximate surface area is 104 Å². The minimum Gasteiger partial charge on any atom is -0.480 e. The summed E-state index contributed by atoms with van der Waals surface area (Å²) in [5, 5.41) is 11.8. The smallest absolute Gasteiger partial charge is 0.329 e. The summed E-state index contributed by atoms with van der Waals surface area (Å²) in [6.07, 6.45) is 2.45. The van der Waals surface area contributed by atoms with Crippen LogP contribution >= 0.6 is 0 Å². The van der Waals surface area contributed by atoms with E-state index in [0.717, 1.165) is 12.8 Å². The van der Waals surface area contributed by atoms with Gasteiger partial charge in [-0.25, -0.2) is 9.18 Å². The van der Waals surface area contributed by atoms with E-state index in [1.165, 1.54) is 24.3 Å². The number of benzene rings is 1. The van der Waals surface area contributed by atoms with Gasteiger partial charge in [0, 0.05) is 5.56 Å². The van der Waals surface area contributed by atoms with Gasteiger partial charge in [-0.2, -0.15) is 0 Å². The summed E-state index contributed by atoms with van der Waals surface area (Å²) in [5.41, 5.74) is -0.894. The Morgan fingerprint density at radius 1 is 1.17 bits per heavy atom. The molecule has 0 aromatic heterocycles. The molecule has 0 aliphatic heterocycles. The van der Waals surface area contributed by atoms with Crippen molar-refractivity contribution < 1.29 is 19.1 Å². The lowest BCUT2D eigenvalue weighted by Gasteiger charge is -2.25. The molecule has 5 heteroatoms. The number of hydrogen-bond donors (Lipinski definition) is 2. The van der Waals surface area contributed by atoms with Gasteiger partial charge in [-0.05, 0) is 37.1 Å². The zero-order valence-corrected chi connectivity index (χ0v) is 9.78. The number of amides is 1. The maximum atomic E-state index is 12.7. The van der Waals surface area contributed by atoms with Gasteiger partial charge >= 0.3 is 5.97 Å². The number of carboxylic acid groups (broad SMARTS) is 1. The molecule has 0 unspecified atom stereocenters. The molecule has 0 radical (unpaired) electrons. The number of rotatable bonds is 3. The molecule has 1 aromatic rings. The third-order valence-electron chi connectivity index (χ3n) is 3.33. The Hall–Kier alpha value is -1.91. The summed E-state index contributed by atoms with van der Waals surface area (Å²) < 4.78 is 12.7. The van der Waals surface area contributed by atoms with E-state index < -0.39 is 23.2 Å². The zero-order chi connectivity index (χ0) is 13.2. The molecule has 0 saturated heterocycles. The maximum Gasteiger partial charge on any atom is 0.329 e. The highest BCUT2D eigenvalue weighted by atomic mass is 19.1. The first-order valence-corrected chi connectivity index (χ1v) is 5.85. The second-order valence-corrected chi connectivity index (χ2v) is 4.56. The molecule has 1 aliphatic rings. The van der Waals surface area contributed by atoms with Gasteiger partial charge in [-0.15, -0.1) is 0 Å². The van der Waals surface area contributed by atoms with Gasteiger partial charge in [0.1, 0.15) is 11.4 Å². The van der Waals surface area contributed by atoms with Crippen molar-refractivity contribution in [3.63, 3.8) is 0 Å². The van der Waals surface area contributed by atoms with Crippen LogP contribution in [-0.2, 0) is 4.79 Å². The van der Waals surface area contributed by atoms with Crippen LogP contribution < -0.4 is 5.32 Å². The molecular formula is C13H14FNO3. The van der Waals surface area contributed by atoms with Crippen molar-refractivity contribution in [1.82, 2.24) is 5.32 Å². The Morgan fingerprint density at radius 2 is 1.72 bits per heavy atom. The van der Waals surface area contributed by atoms with E-state index in [2.05, 4.69) is 5.32 Å². The minimum absolute atomic E-state index is 0.268. The van der Waals surface area contributed by atoms with Gasteiger partial charge in [-0.3, -0.25) is 4.79 Å². The lowest BCUT2D eigenvalue weighted by molar-refractivity contribution is -0.144. The fourth-order valence-electron chi connectivity index (χ4n) is 2.26. The van der Waals surface area contributed by atoms with Crippen LogP contribution in [0, 0.1) is 5.82 Å². The van der Waals surface area contributed by atoms with Crippen molar-refractivity contribution in [3.8, 4) is 0 Å². The van der Waals surface area contributed by atoms with Gasteiger partial charge in [0.25, 0.3) is 5.91 Å². The molecule has 2 N–H and O–H groups in total. The molecule has 4 nitrogen and oxygen atoms in total. The van der Waals surface area contributed by atoms with Crippen molar-refractivity contribution in [3.05, 3.63) is 35.6 Å². The largest absolute Gasteiger partial charge is 0.480 e. The second-order valence-electron chi connectivity index (χ2n) is 4.56. The average molecular weight is 251 g/mol. The first kappa shape index (κ1) is 12.5. The van der Waals surface area contributed by atoms with Crippen LogP contribution in [0.5, 0.6) is 0 Å². The van der Waals surface area contributed by atoms with Crippen LogP contribution in [0.4, 0.5) is 4.39 Å². The SMILES string of the molecule is O=C(NC1(C(=O)O)CCCC1)c1ccc(F)cc1. The van der Waals surface area contributed by atoms with Crippen molar-refractivity contribution in [2.24, 2.45) is 0 Å². The van der Waals surface area contributed by atoms with Crippen molar-refractivity contribution in [2.45, 2.75) is 31.2 Å². The van der Waals surface area contributed by atoms with Crippen LogP contribution in [-0.4, -0.2) is 22.5 Å². The standard InChI is InChI=1S/C13H14FNO3/c14-10-5-3-9(4-6-10)11(16)15-13(12(17)18)7-1-2-8-13/h3-6H,1-2,7-8H2,(H,15,16)(H,17,18). The Balaban J connectivity index is 2.15. The van der Waals surface area contributed by atoms with E-state index in [9.17, 15) is 19.1 Å². The summed E-state index contributed by atoms with van der Waals surface area (Å²) in [4.78, 5) is 23.2. The number of carbonyl (C=O) groups excluding carboxylic acids is 1. The van der Waals surface area contributed by atoms with Crippen LogP contribution in [0.15, 0.2) is 24.3 Å². The summed E-state index contributed by atoms with van der Waals surface area (Å²) in [5.74, 6) is -1.91. The zero-order valence-electron chi connectivity index (χ0n) is 9.78. The third kappa shape index (κ3) is 2.34. The first-order valence-electron chi connectivity index (χ1n) is 5.85. The Morgan fingerprint density at radius 3 is 2.22 bits per heavy atom. The van der Waals surface area contributed by atoms with E-state index in [1.807, 2.05) is 0 Å². The molecule has 0 heterocycles. The quantitative estimate of drug-likeness (QED) is 0.862. The molecule has 96 valence electrons. The van der Waals surface area contributed by atoms with Crippen molar-refractivity contribution >= 4 is 11.9 Å². The van der Waals surface area contributed by atoms with Crippen molar-refractivity contribution in [2.75, 3.05) is 0 Å². The fraction of sp³-hybridized carbons (Fsp3) is 0.385. The molecule has 1 aromatic carbocycles. The molecule has 0 spiro atoms. The van der Waals surface area contributed by atoms with Gasteiger partial charge < -0.3 is 10.4 Å². The summed E-state index contributed by atoms with van der Waals surface area (Å²) in [6, 6.07) is 5.04. The molecule has 1 saturated carbocycles. The van der Waals surface area contributed by atoms with Crippen LogP contribution in [0.1, 0.15) is 36.0 Å². The molecule has 1 fully saturated rings. The summed E-state index contributed by atoms with van der Waals surface area (Å²) in [7, 11) is 0. The number of halogens is 1. The third-order valence-corrected chi connectivity index (χ3v) is 3.33. The molecule has 0 atom stereocenters. The first-order chi connectivity index (χ1) is 8.53. The lowest BCUT2D eigenvalue weighted by atomic mass is 9.97. The van der Waals surface area contributed by atoms with E-state index in [-0.39, 0.29) is 5.56 Å². The molecule has 1 aliphatic carbocycles. The highest BCUT2D eigenvalue weighted by Gasteiger charge is 2.42. The van der Waals surface area contributed by atoms with E-state index in [1.54, 1.807) is 0 Å². The van der Waals surface area contributed by atoms with E-state index >= 15 is 0 Å². The fourth-order valence-corrected chi connectivity index (χ4v) is 2.26. The average Bonchev–Trinajstić information content (AvgIpc) is 2.79. The highest BCUT2D eigenvalue weighted by molar-refractivity contribution is 5.97. The Bertz CT molecular complexity index is 464. The Kier molecular flexibility index (Phi) is 3.32. The topological polar surface area (TPSA) is 66.4 Å². The predicted octanol–water partition coefficient (Wildman–Crippen LogP) is 1.95. The van der Waals surface area contributed by atoms with Crippen LogP contribution in [0.25, 0.3) is 0 Å². The summed E-state index contributed by atoms with van der Waals surface area (Å²) >= 11 is 0. The monoisotopic (exact) mass is 251 g/mol. The number of nitrogens with one attached hydrogen (secondary N) is 1.